The van der Waals surface area contributed by atoms with Gasteiger partial charge in [-0.2, -0.15) is 0 Å². The Balaban J connectivity index is 2.16. The van der Waals surface area contributed by atoms with E-state index in [1.54, 1.807) is 0 Å². The highest BCUT2D eigenvalue weighted by Crippen LogP contribution is 2.29. The highest BCUT2D eigenvalue weighted by atomic mass is 16.5. The average molecular weight is 330 g/mol. The van der Waals surface area contributed by atoms with Crippen LogP contribution in [0, 0.1) is 0 Å². The second kappa shape index (κ2) is 9.48. The van der Waals surface area contributed by atoms with Gasteiger partial charge in [-0.05, 0) is 56.5 Å². The number of rotatable bonds is 10. The Bertz CT molecular complexity index is 642. The van der Waals surface area contributed by atoms with Gasteiger partial charge in [0.05, 0.1) is 0 Å². The normalized spacial score (nSPS) is 11.3. The van der Waals surface area contributed by atoms with Crippen LogP contribution in [0.15, 0.2) is 24.4 Å². The monoisotopic (exact) mass is 330 g/mol. The number of fused-ring (bicyclic) bond motifs is 1. The molecule has 0 saturated heterocycles. The number of esters is 1. The number of carbonyl (C=O) groups excluding carboxylic acids is 1. The van der Waals surface area contributed by atoms with Crippen LogP contribution in [0.25, 0.3) is 10.9 Å². The quantitative estimate of drug-likeness (QED) is 0.514. The maximum Gasteiger partial charge on any atom is 0.311 e. The molecule has 0 bridgehead atoms. The largest absolute Gasteiger partial charge is 0.426 e. The molecule has 2 rings (SSSR count). The molecule has 0 saturated carbocycles. The summed E-state index contributed by atoms with van der Waals surface area (Å²) in [6.45, 7) is 9.73. The lowest BCUT2D eigenvalue weighted by Crippen LogP contribution is -2.27. The number of nitrogens with one attached hydrogen (secondary N) is 1. The average Bonchev–Trinajstić information content (AvgIpc) is 2.97. The van der Waals surface area contributed by atoms with Crippen molar-refractivity contribution in [2.75, 3.05) is 19.6 Å². The highest BCUT2D eigenvalue weighted by Gasteiger charge is 2.13. The number of hydrogen-bond acceptors (Lipinski definition) is 3. The zero-order chi connectivity index (χ0) is 17.4. The van der Waals surface area contributed by atoms with Gasteiger partial charge in [-0.3, -0.25) is 4.79 Å². The molecule has 1 aromatic carbocycles. The predicted molar refractivity (Wildman–Crippen MR) is 99.6 cm³/mol. The second-order valence-corrected chi connectivity index (χ2v) is 6.31. The summed E-state index contributed by atoms with van der Waals surface area (Å²) < 4.78 is 5.60. The number of aromatic nitrogens is 1. The van der Waals surface area contributed by atoms with Crippen LogP contribution in [0.4, 0.5) is 0 Å². The van der Waals surface area contributed by atoms with E-state index in [1.165, 1.54) is 18.4 Å². The van der Waals surface area contributed by atoms with Crippen molar-refractivity contribution in [3.8, 4) is 5.75 Å². The summed E-state index contributed by atoms with van der Waals surface area (Å²) in [7, 11) is 0. The Morgan fingerprint density at radius 2 is 1.83 bits per heavy atom. The number of H-pyrrole nitrogens is 1. The Hall–Kier alpha value is -1.81. The lowest BCUT2D eigenvalue weighted by atomic mass is 10.1. The first-order valence-corrected chi connectivity index (χ1v) is 9.21. The molecular formula is C20H30N2O2. The third-order valence-corrected chi connectivity index (χ3v) is 4.20. The smallest absolute Gasteiger partial charge is 0.311 e. The second-order valence-electron chi connectivity index (χ2n) is 6.31. The summed E-state index contributed by atoms with van der Waals surface area (Å²) in [6, 6.07) is 5.85. The number of aromatic amines is 1. The van der Waals surface area contributed by atoms with Gasteiger partial charge >= 0.3 is 5.97 Å². The van der Waals surface area contributed by atoms with E-state index >= 15 is 0 Å². The van der Waals surface area contributed by atoms with Gasteiger partial charge in [0.2, 0.25) is 0 Å². The van der Waals surface area contributed by atoms with E-state index in [-0.39, 0.29) is 5.97 Å². The first-order chi connectivity index (χ1) is 11.7. The molecule has 0 atom stereocenters. The minimum absolute atomic E-state index is 0.157. The maximum absolute atomic E-state index is 11.9. The van der Waals surface area contributed by atoms with E-state index < -0.39 is 0 Å². The van der Waals surface area contributed by atoms with Crippen molar-refractivity contribution < 1.29 is 9.53 Å². The zero-order valence-corrected chi connectivity index (χ0v) is 15.2. The van der Waals surface area contributed by atoms with Crippen LogP contribution in [0.1, 0.15) is 52.0 Å². The number of hydrogen-bond donors (Lipinski definition) is 1. The minimum Gasteiger partial charge on any atom is -0.426 e. The van der Waals surface area contributed by atoms with Crippen LogP contribution < -0.4 is 4.74 Å². The van der Waals surface area contributed by atoms with Gasteiger partial charge < -0.3 is 14.6 Å². The molecule has 2 aromatic rings. The molecule has 0 aliphatic heterocycles. The third kappa shape index (κ3) is 4.84. The van der Waals surface area contributed by atoms with E-state index in [0.29, 0.717) is 12.2 Å². The summed E-state index contributed by atoms with van der Waals surface area (Å²) >= 11 is 0. The van der Waals surface area contributed by atoms with Crippen molar-refractivity contribution in [3.63, 3.8) is 0 Å². The van der Waals surface area contributed by atoms with Gasteiger partial charge in [0, 0.05) is 30.1 Å². The molecule has 0 spiro atoms. The van der Waals surface area contributed by atoms with Crippen LogP contribution in [-0.2, 0) is 11.2 Å². The van der Waals surface area contributed by atoms with Gasteiger partial charge in [0.25, 0.3) is 0 Å². The van der Waals surface area contributed by atoms with Crippen molar-refractivity contribution in [1.82, 2.24) is 9.88 Å². The number of ether oxygens (including phenoxy) is 1. The van der Waals surface area contributed by atoms with Crippen molar-refractivity contribution in [2.24, 2.45) is 0 Å². The zero-order valence-electron chi connectivity index (χ0n) is 15.2. The molecule has 4 nitrogen and oxygen atoms in total. The van der Waals surface area contributed by atoms with Crippen LogP contribution in [0.2, 0.25) is 0 Å². The number of benzene rings is 1. The third-order valence-electron chi connectivity index (χ3n) is 4.20. The topological polar surface area (TPSA) is 45.3 Å². The van der Waals surface area contributed by atoms with Crippen molar-refractivity contribution >= 4 is 16.9 Å². The van der Waals surface area contributed by atoms with E-state index in [0.717, 1.165) is 43.4 Å². The fourth-order valence-electron chi connectivity index (χ4n) is 3.13. The lowest BCUT2D eigenvalue weighted by Gasteiger charge is -2.20. The molecule has 132 valence electrons. The Kier molecular flexibility index (Phi) is 7.32. The van der Waals surface area contributed by atoms with Gasteiger partial charge in [-0.1, -0.05) is 26.8 Å². The first kappa shape index (κ1) is 18.5. The Labute approximate surface area is 145 Å². The van der Waals surface area contributed by atoms with Gasteiger partial charge in [0.1, 0.15) is 5.75 Å². The van der Waals surface area contributed by atoms with E-state index in [4.69, 9.17) is 4.74 Å². The van der Waals surface area contributed by atoms with Crippen LogP contribution in [0.3, 0.4) is 0 Å². The molecule has 1 aromatic heterocycles. The highest BCUT2D eigenvalue weighted by molar-refractivity contribution is 5.91. The lowest BCUT2D eigenvalue weighted by molar-refractivity contribution is -0.134. The summed E-state index contributed by atoms with van der Waals surface area (Å²) in [5, 5.41) is 1.05. The predicted octanol–water partition coefficient (Wildman–Crippen LogP) is 4.54. The summed E-state index contributed by atoms with van der Waals surface area (Å²) in [5.74, 6) is 0.524. The minimum atomic E-state index is -0.157. The SMILES string of the molecule is CCCC(=O)Oc1cccc2[nH]cc(CCN(CCC)CCC)c12. The molecule has 0 aliphatic rings. The van der Waals surface area contributed by atoms with Crippen molar-refractivity contribution in [1.29, 1.82) is 0 Å². The van der Waals surface area contributed by atoms with Crippen LogP contribution in [-0.4, -0.2) is 35.5 Å². The summed E-state index contributed by atoms with van der Waals surface area (Å²) in [4.78, 5) is 17.7. The number of nitrogens with zero attached hydrogens (tertiary/aromatic N) is 1. The molecule has 1 heterocycles. The molecule has 24 heavy (non-hydrogen) atoms. The molecule has 0 aliphatic carbocycles. The van der Waals surface area contributed by atoms with Crippen LogP contribution in [0.5, 0.6) is 5.75 Å². The standard InChI is InChI=1S/C20H30N2O2/c1-4-8-19(23)24-18-10-7-9-17-20(18)16(15-21-17)11-14-22(12-5-2)13-6-3/h7,9-10,15,21H,4-6,8,11-14H2,1-3H3. The van der Waals surface area contributed by atoms with Gasteiger partial charge in [0.15, 0.2) is 0 Å². The summed E-state index contributed by atoms with van der Waals surface area (Å²) in [5.41, 5.74) is 2.26. The maximum atomic E-state index is 11.9. The first-order valence-electron chi connectivity index (χ1n) is 9.21. The Morgan fingerprint density at radius 1 is 1.08 bits per heavy atom. The molecule has 4 heteroatoms. The summed E-state index contributed by atoms with van der Waals surface area (Å²) in [6.07, 6.45) is 6.62. The number of carbonyl (C=O) groups is 1. The molecule has 1 N–H and O–H groups in total. The van der Waals surface area contributed by atoms with Gasteiger partial charge in [-0.15, -0.1) is 0 Å². The molecule has 0 radical (unpaired) electrons. The fraction of sp³-hybridized carbons (Fsp3) is 0.550. The fourth-order valence-corrected chi connectivity index (χ4v) is 3.13. The van der Waals surface area contributed by atoms with E-state index in [9.17, 15) is 4.79 Å². The molecule has 0 fully saturated rings. The van der Waals surface area contributed by atoms with Crippen LogP contribution >= 0.6 is 0 Å². The molecular weight excluding hydrogens is 300 g/mol. The Morgan fingerprint density at radius 3 is 2.50 bits per heavy atom. The van der Waals surface area contributed by atoms with Crippen molar-refractivity contribution in [3.05, 3.63) is 30.0 Å². The molecule has 0 unspecified atom stereocenters. The van der Waals surface area contributed by atoms with E-state index in [2.05, 4.69) is 29.9 Å². The molecule has 0 amide bonds. The van der Waals surface area contributed by atoms with Crippen molar-refractivity contribution in [2.45, 2.75) is 52.9 Å². The van der Waals surface area contributed by atoms with Gasteiger partial charge in [-0.25, -0.2) is 0 Å². The van der Waals surface area contributed by atoms with E-state index in [1.807, 2.05) is 25.1 Å².